The van der Waals surface area contributed by atoms with E-state index in [4.69, 9.17) is 0 Å². The van der Waals surface area contributed by atoms with Gasteiger partial charge >= 0.3 is 5.97 Å². The number of carbonyl (C=O) groups is 2. The van der Waals surface area contributed by atoms with Gasteiger partial charge in [0.05, 0.1) is 12.0 Å². The molecule has 2 rings (SSSR count). The van der Waals surface area contributed by atoms with E-state index in [9.17, 15) is 14.7 Å². The Labute approximate surface area is 114 Å². The topological polar surface area (TPSA) is 78.4 Å². The Morgan fingerprint density at radius 3 is 2.53 bits per heavy atom. The maximum atomic E-state index is 11.9. The molecule has 5 heteroatoms. The maximum absolute atomic E-state index is 11.9. The summed E-state index contributed by atoms with van der Waals surface area (Å²) in [5.41, 5.74) is -0.803. The largest absolute Gasteiger partial charge is 0.481 e. The molecule has 0 heterocycles. The second-order valence-electron chi connectivity index (χ2n) is 6.10. The second-order valence-corrected chi connectivity index (χ2v) is 6.10. The third-order valence-electron chi connectivity index (χ3n) is 4.69. The summed E-state index contributed by atoms with van der Waals surface area (Å²) in [6.07, 6.45) is 7.02. The van der Waals surface area contributed by atoms with E-state index >= 15 is 0 Å². The smallest absolute Gasteiger partial charge is 0.311 e. The Bertz CT molecular complexity index is 353. The number of amides is 1. The van der Waals surface area contributed by atoms with E-state index in [0.717, 1.165) is 25.7 Å². The van der Waals surface area contributed by atoms with Crippen LogP contribution in [0.2, 0.25) is 0 Å². The molecule has 2 fully saturated rings. The highest BCUT2D eigenvalue weighted by Gasteiger charge is 2.45. The minimum atomic E-state index is -0.806. The molecule has 0 aromatic rings. The lowest BCUT2D eigenvalue weighted by atomic mass is 9.85. The van der Waals surface area contributed by atoms with Gasteiger partial charge in [-0.15, -0.1) is 0 Å². The first-order chi connectivity index (χ1) is 9.02. The highest BCUT2D eigenvalue weighted by molar-refractivity contribution is 5.81. The summed E-state index contributed by atoms with van der Waals surface area (Å²) in [7, 11) is 0. The van der Waals surface area contributed by atoms with Crippen LogP contribution in [0.25, 0.3) is 0 Å². The highest BCUT2D eigenvalue weighted by Crippen LogP contribution is 2.38. The van der Waals surface area contributed by atoms with Crippen LogP contribution in [0.1, 0.15) is 51.9 Å². The molecule has 2 aliphatic carbocycles. The van der Waals surface area contributed by atoms with E-state index in [-0.39, 0.29) is 11.9 Å². The van der Waals surface area contributed by atoms with Gasteiger partial charge in [-0.25, -0.2) is 0 Å². The molecular weight excluding hydrogens is 244 g/mol. The lowest BCUT2D eigenvalue weighted by Gasteiger charge is -2.28. The van der Waals surface area contributed by atoms with Crippen molar-refractivity contribution in [3.8, 4) is 0 Å². The van der Waals surface area contributed by atoms with Gasteiger partial charge in [0.2, 0.25) is 5.91 Å². The van der Waals surface area contributed by atoms with Crippen LogP contribution in [0.15, 0.2) is 0 Å². The Morgan fingerprint density at radius 1 is 1.21 bits per heavy atom. The number of carboxylic acids is 1. The molecule has 108 valence electrons. The summed E-state index contributed by atoms with van der Waals surface area (Å²) in [6.45, 7) is 2.04. The van der Waals surface area contributed by atoms with Gasteiger partial charge in [0, 0.05) is 12.1 Å². The number of aliphatic carboxylic acids is 1. The molecule has 2 saturated carbocycles. The first-order valence-electron chi connectivity index (χ1n) is 7.28. The number of nitrogens with one attached hydrogen (secondary N) is 2. The summed E-state index contributed by atoms with van der Waals surface area (Å²) < 4.78 is 0. The molecule has 0 saturated heterocycles. The molecule has 0 aliphatic heterocycles. The Hall–Kier alpha value is -1.10. The fourth-order valence-electron chi connectivity index (χ4n) is 3.27. The van der Waals surface area contributed by atoms with Crippen molar-refractivity contribution in [1.82, 2.24) is 10.6 Å². The third kappa shape index (κ3) is 3.26. The van der Waals surface area contributed by atoms with E-state index in [1.54, 1.807) is 6.92 Å². The Morgan fingerprint density at radius 2 is 1.89 bits per heavy atom. The summed E-state index contributed by atoms with van der Waals surface area (Å²) >= 11 is 0. The lowest BCUT2D eigenvalue weighted by molar-refractivity contribution is -0.149. The van der Waals surface area contributed by atoms with E-state index in [1.807, 2.05) is 0 Å². The van der Waals surface area contributed by atoms with Gasteiger partial charge in [-0.1, -0.05) is 19.3 Å². The predicted octanol–water partition coefficient (Wildman–Crippen LogP) is 1.28. The van der Waals surface area contributed by atoms with Gasteiger partial charge in [0.25, 0.3) is 0 Å². The van der Waals surface area contributed by atoms with Crippen molar-refractivity contribution >= 4 is 11.9 Å². The first kappa shape index (κ1) is 14.3. The SMILES string of the molecule is CC1(C(=O)O)CCCC1NC(=O)CNC1CCCC1. The van der Waals surface area contributed by atoms with Crippen LogP contribution in [0.3, 0.4) is 0 Å². The maximum Gasteiger partial charge on any atom is 0.311 e. The number of carboxylic acid groups (broad SMARTS) is 1. The van der Waals surface area contributed by atoms with Gasteiger partial charge in [-0.05, 0) is 32.6 Å². The van der Waals surface area contributed by atoms with Gasteiger partial charge in [-0.2, -0.15) is 0 Å². The number of hydrogen-bond acceptors (Lipinski definition) is 3. The molecule has 2 atom stereocenters. The van der Waals surface area contributed by atoms with Crippen molar-refractivity contribution in [2.45, 2.75) is 64.0 Å². The van der Waals surface area contributed by atoms with Crippen LogP contribution in [-0.4, -0.2) is 35.6 Å². The molecule has 0 spiro atoms. The zero-order valence-electron chi connectivity index (χ0n) is 11.6. The Kier molecular flexibility index (Phi) is 4.45. The fourth-order valence-corrected chi connectivity index (χ4v) is 3.27. The third-order valence-corrected chi connectivity index (χ3v) is 4.69. The van der Waals surface area contributed by atoms with Crippen molar-refractivity contribution in [3.05, 3.63) is 0 Å². The molecule has 0 aromatic heterocycles. The summed E-state index contributed by atoms with van der Waals surface area (Å²) in [5, 5.41) is 15.4. The van der Waals surface area contributed by atoms with Crippen LogP contribution in [0.4, 0.5) is 0 Å². The van der Waals surface area contributed by atoms with Gasteiger partial charge in [0.15, 0.2) is 0 Å². The summed E-state index contributed by atoms with van der Waals surface area (Å²) in [4.78, 5) is 23.2. The van der Waals surface area contributed by atoms with E-state index in [1.165, 1.54) is 12.8 Å². The average Bonchev–Trinajstić information content (AvgIpc) is 2.98. The zero-order valence-corrected chi connectivity index (χ0v) is 11.6. The Balaban J connectivity index is 1.79. The quantitative estimate of drug-likeness (QED) is 0.702. The lowest BCUT2D eigenvalue weighted by Crippen LogP contribution is -2.49. The molecule has 2 aliphatic rings. The van der Waals surface area contributed by atoms with Crippen molar-refractivity contribution < 1.29 is 14.7 Å². The fraction of sp³-hybridized carbons (Fsp3) is 0.857. The molecule has 3 N–H and O–H groups in total. The van der Waals surface area contributed by atoms with Gasteiger partial charge in [-0.3, -0.25) is 9.59 Å². The van der Waals surface area contributed by atoms with Crippen LogP contribution in [0.5, 0.6) is 0 Å². The zero-order chi connectivity index (χ0) is 13.9. The van der Waals surface area contributed by atoms with E-state index in [0.29, 0.717) is 19.0 Å². The standard InChI is InChI=1S/C14H24N2O3/c1-14(13(18)19)8-4-7-11(14)16-12(17)9-15-10-5-2-3-6-10/h10-11,15H,2-9H2,1H3,(H,16,17)(H,18,19). The van der Waals surface area contributed by atoms with Gasteiger partial charge < -0.3 is 15.7 Å². The molecule has 0 radical (unpaired) electrons. The number of carbonyl (C=O) groups excluding carboxylic acids is 1. The number of hydrogen-bond donors (Lipinski definition) is 3. The van der Waals surface area contributed by atoms with Crippen molar-refractivity contribution in [1.29, 1.82) is 0 Å². The molecule has 2 unspecified atom stereocenters. The van der Waals surface area contributed by atoms with Crippen molar-refractivity contribution in [3.63, 3.8) is 0 Å². The van der Waals surface area contributed by atoms with E-state index in [2.05, 4.69) is 10.6 Å². The minimum absolute atomic E-state index is 0.0775. The van der Waals surface area contributed by atoms with Gasteiger partial charge in [0.1, 0.15) is 0 Å². The normalized spacial score (nSPS) is 31.5. The molecule has 0 aromatic carbocycles. The highest BCUT2D eigenvalue weighted by atomic mass is 16.4. The summed E-state index contributed by atoms with van der Waals surface area (Å²) in [6, 6.07) is 0.225. The first-order valence-corrected chi connectivity index (χ1v) is 7.28. The molecule has 0 bridgehead atoms. The number of rotatable bonds is 5. The molecule has 1 amide bonds. The van der Waals surface area contributed by atoms with Crippen LogP contribution in [-0.2, 0) is 9.59 Å². The molecule has 19 heavy (non-hydrogen) atoms. The molecule has 5 nitrogen and oxygen atoms in total. The second kappa shape index (κ2) is 5.90. The van der Waals surface area contributed by atoms with Crippen molar-refractivity contribution in [2.24, 2.45) is 5.41 Å². The minimum Gasteiger partial charge on any atom is -0.481 e. The van der Waals surface area contributed by atoms with Crippen LogP contribution < -0.4 is 10.6 Å². The van der Waals surface area contributed by atoms with Crippen LogP contribution in [0, 0.1) is 5.41 Å². The predicted molar refractivity (Wildman–Crippen MR) is 71.8 cm³/mol. The monoisotopic (exact) mass is 268 g/mol. The summed E-state index contributed by atoms with van der Waals surface area (Å²) in [5.74, 6) is -0.884. The average molecular weight is 268 g/mol. The van der Waals surface area contributed by atoms with E-state index < -0.39 is 11.4 Å². The molecular formula is C14H24N2O3. The van der Waals surface area contributed by atoms with Crippen LogP contribution >= 0.6 is 0 Å². The van der Waals surface area contributed by atoms with Crippen molar-refractivity contribution in [2.75, 3.05) is 6.54 Å².